The maximum absolute atomic E-state index is 11.9. The van der Waals surface area contributed by atoms with Crippen molar-refractivity contribution in [3.05, 3.63) is 0 Å². The number of ether oxygens (including phenoxy) is 2. The Hall–Kier alpha value is -1.71. The van der Waals surface area contributed by atoms with Gasteiger partial charge in [0.2, 0.25) is 11.8 Å². The van der Waals surface area contributed by atoms with Gasteiger partial charge in [-0.25, -0.2) is 0 Å². The van der Waals surface area contributed by atoms with Gasteiger partial charge in [-0.05, 0) is 12.8 Å². The summed E-state index contributed by atoms with van der Waals surface area (Å²) >= 11 is 0. The molecule has 0 aromatic carbocycles. The predicted octanol–water partition coefficient (Wildman–Crippen LogP) is -1.17. The molecule has 150 valence electrons. The van der Waals surface area contributed by atoms with Crippen LogP contribution in [0.4, 0.5) is 0 Å². The van der Waals surface area contributed by atoms with Gasteiger partial charge in [0.25, 0.3) is 0 Å². The molecule has 0 spiro atoms. The van der Waals surface area contributed by atoms with Crippen molar-refractivity contribution in [3.8, 4) is 0 Å². The molecule has 1 aliphatic heterocycles. The van der Waals surface area contributed by atoms with E-state index in [0.717, 1.165) is 32.6 Å². The molecular formula is C17H32N4O5. The van der Waals surface area contributed by atoms with Crippen LogP contribution < -0.4 is 10.6 Å². The van der Waals surface area contributed by atoms with Gasteiger partial charge in [0.1, 0.15) is 0 Å². The van der Waals surface area contributed by atoms with Crippen LogP contribution in [0.25, 0.3) is 0 Å². The fraction of sp³-hybridized carbons (Fsp3) is 0.824. The lowest BCUT2D eigenvalue weighted by atomic mass is 10.3. The maximum Gasteiger partial charge on any atom is 0.305 e. The highest BCUT2D eigenvalue weighted by atomic mass is 16.5. The Morgan fingerprint density at radius 2 is 1.35 bits per heavy atom. The quantitative estimate of drug-likeness (QED) is 0.329. The van der Waals surface area contributed by atoms with Gasteiger partial charge in [-0.1, -0.05) is 0 Å². The molecule has 0 saturated carbocycles. The standard InChI is InChI=1S/C17H32N4O5/c1-25-12-4-7-19-16(23)14-21-10-8-20(9-11-21)13-15(22)18-6-3-5-17(24)26-2/h3-14H2,1-2H3,(H,18,22)(H,19,23). The number of esters is 1. The number of nitrogens with zero attached hydrogens (tertiary/aromatic N) is 2. The summed E-state index contributed by atoms with van der Waals surface area (Å²) in [6, 6.07) is 0. The van der Waals surface area contributed by atoms with E-state index in [-0.39, 0.29) is 17.8 Å². The molecular weight excluding hydrogens is 340 g/mol. The smallest absolute Gasteiger partial charge is 0.305 e. The van der Waals surface area contributed by atoms with Gasteiger partial charge < -0.3 is 20.1 Å². The summed E-state index contributed by atoms with van der Waals surface area (Å²) in [4.78, 5) is 38.9. The zero-order valence-electron chi connectivity index (χ0n) is 15.9. The third kappa shape index (κ3) is 10.3. The van der Waals surface area contributed by atoms with Crippen LogP contribution in [0.1, 0.15) is 19.3 Å². The Morgan fingerprint density at radius 1 is 0.846 bits per heavy atom. The Bertz CT molecular complexity index is 439. The van der Waals surface area contributed by atoms with Crippen LogP contribution in [-0.2, 0) is 23.9 Å². The van der Waals surface area contributed by atoms with Crippen LogP contribution in [-0.4, -0.2) is 101 Å². The van der Waals surface area contributed by atoms with E-state index in [1.54, 1.807) is 7.11 Å². The Kier molecular flexibility index (Phi) is 11.6. The van der Waals surface area contributed by atoms with Crippen LogP contribution >= 0.6 is 0 Å². The number of amides is 2. The van der Waals surface area contributed by atoms with Crippen molar-refractivity contribution in [2.75, 3.05) is 73.2 Å². The molecule has 26 heavy (non-hydrogen) atoms. The molecule has 9 nitrogen and oxygen atoms in total. The molecule has 1 aliphatic rings. The zero-order chi connectivity index (χ0) is 19.2. The van der Waals surface area contributed by atoms with Gasteiger partial charge in [-0.2, -0.15) is 0 Å². The van der Waals surface area contributed by atoms with Crippen molar-refractivity contribution < 1.29 is 23.9 Å². The lowest BCUT2D eigenvalue weighted by molar-refractivity contribution is -0.140. The summed E-state index contributed by atoms with van der Waals surface area (Å²) < 4.78 is 9.49. The normalized spacial score (nSPS) is 15.5. The largest absolute Gasteiger partial charge is 0.469 e. The highest BCUT2D eigenvalue weighted by Gasteiger charge is 2.20. The fourth-order valence-electron chi connectivity index (χ4n) is 2.63. The molecule has 2 N–H and O–H groups in total. The second kappa shape index (κ2) is 13.5. The summed E-state index contributed by atoms with van der Waals surface area (Å²) in [5.74, 6) is -0.282. The van der Waals surface area contributed by atoms with E-state index in [2.05, 4.69) is 25.2 Å². The SMILES string of the molecule is COCCCNC(=O)CN1CCN(CC(=O)NCCCC(=O)OC)CC1. The van der Waals surface area contributed by atoms with Crippen molar-refractivity contribution in [2.45, 2.75) is 19.3 Å². The first-order chi connectivity index (χ1) is 12.5. The molecule has 2 amide bonds. The number of hydrogen-bond acceptors (Lipinski definition) is 7. The minimum absolute atomic E-state index is 0.0258. The molecule has 1 heterocycles. The van der Waals surface area contributed by atoms with Gasteiger partial charge in [0, 0.05) is 59.4 Å². The summed E-state index contributed by atoms with van der Waals surface area (Å²) in [5, 5.41) is 5.69. The Morgan fingerprint density at radius 3 is 1.81 bits per heavy atom. The van der Waals surface area contributed by atoms with E-state index in [0.29, 0.717) is 45.6 Å². The zero-order valence-corrected chi connectivity index (χ0v) is 15.9. The number of rotatable bonds is 12. The molecule has 0 unspecified atom stereocenters. The third-order valence-corrected chi connectivity index (χ3v) is 4.15. The average molecular weight is 372 g/mol. The van der Waals surface area contributed by atoms with Crippen LogP contribution in [0.15, 0.2) is 0 Å². The van der Waals surface area contributed by atoms with E-state index in [9.17, 15) is 14.4 Å². The topological polar surface area (TPSA) is 100 Å². The first-order valence-electron chi connectivity index (χ1n) is 9.09. The molecule has 0 aromatic rings. The van der Waals surface area contributed by atoms with E-state index in [4.69, 9.17) is 4.74 Å². The van der Waals surface area contributed by atoms with Gasteiger partial charge in [0.15, 0.2) is 0 Å². The molecule has 0 radical (unpaired) electrons. The first-order valence-corrected chi connectivity index (χ1v) is 9.09. The van der Waals surface area contributed by atoms with Crippen molar-refractivity contribution in [1.82, 2.24) is 20.4 Å². The molecule has 0 aromatic heterocycles. The Labute approximate surface area is 155 Å². The molecule has 1 saturated heterocycles. The van der Waals surface area contributed by atoms with E-state index in [1.807, 2.05) is 0 Å². The van der Waals surface area contributed by atoms with Crippen molar-refractivity contribution in [2.24, 2.45) is 0 Å². The van der Waals surface area contributed by atoms with Gasteiger partial charge in [-0.3, -0.25) is 24.2 Å². The lowest BCUT2D eigenvalue weighted by Gasteiger charge is -2.33. The van der Waals surface area contributed by atoms with Crippen LogP contribution in [0, 0.1) is 0 Å². The summed E-state index contributed by atoms with van der Waals surface area (Å²) in [5.41, 5.74) is 0. The number of carbonyl (C=O) groups is 3. The van der Waals surface area contributed by atoms with Crippen molar-refractivity contribution in [3.63, 3.8) is 0 Å². The predicted molar refractivity (Wildman–Crippen MR) is 96.6 cm³/mol. The van der Waals surface area contributed by atoms with Crippen molar-refractivity contribution >= 4 is 17.8 Å². The van der Waals surface area contributed by atoms with E-state index in [1.165, 1.54) is 7.11 Å². The minimum Gasteiger partial charge on any atom is -0.469 e. The summed E-state index contributed by atoms with van der Waals surface area (Å²) in [7, 11) is 3.00. The van der Waals surface area contributed by atoms with Crippen molar-refractivity contribution in [1.29, 1.82) is 0 Å². The number of hydrogen-bond donors (Lipinski definition) is 2. The number of piperazine rings is 1. The van der Waals surface area contributed by atoms with E-state index >= 15 is 0 Å². The minimum atomic E-state index is -0.266. The fourth-order valence-corrected chi connectivity index (χ4v) is 2.63. The van der Waals surface area contributed by atoms with Crippen LogP contribution in [0.5, 0.6) is 0 Å². The van der Waals surface area contributed by atoms with Crippen LogP contribution in [0.3, 0.4) is 0 Å². The lowest BCUT2D eigenvalue weighted by Crippen LogP contribution is -2.51. The maximum atomic E-state index is 11.9. The second-order valence-corrected chi connectivity index (χ2v) is 6.28. The van der Waals surface area contributed by atoms with Crippen LogP contribution in [0.2, 0.25) is 0 Å². The van der Waals surface area contributed by atoms with E-state index < -0.39 is 0 Å². The van der Waals surface area contributed by atoms with Gasteiger partial charge >= 0.3 is 5.97 Å². The molecule has 0 bridgehead atoms. The molecule has 1 rings (SSSR count). The Balaban J connectivity index is 2.09. The van der Waals surface area contributed by atoms with Gasteiger partial charge in [-0.15, -0.1) is 0 Å². The molecule has 1 fully saturated rings. The summed E-state index contributed by atoms with van der Waals surface area (Å²) in [6.45, 7) is 5.51. The molecule has 9 heteroatoms. The summed E-state index contributed by atoms with van der Waals surface area (Å²) in [6.07, 6.45) is 1.69. The average Bonchev–Trinajstić information content (AvgIpc) is 2.64. The third-order valence-electron chi connectivity index (χ3n) is 4.15. The number of nitrogens with one attached hydrogen (secondary N) is 2. The first kappa shape index (κ1) is 22.3. The monoisotopic (exact) mass is 372 g/mol. The second-order valence-electron chi connectivity index (χ2n) is 6.28. The van der Waals surface area contributed by atoms with Gasteiger partial charge in [0.05, 0.1) is 20.2 Å². The molecule has 0 aliphatic carbocycles. The highest BCUT2D eigenvalue weighted by Crippen LogP contribution is 2.01. The number of carbonyl (C=O) groups excluding carboxylic acids is 3. The number of methoxy groups -OCH3 is 2. The highest BCUT2D eigenvalue weighted by molar-refractivity contribution is 5.78. The molecule has 0 atom stereocenters.